The predicted molar refractivity (Wildman–Crippen MR) is 84.8 cm³/mol. The first-order chi connectivity index (χ1) is 11.3. The van der Waals surface area contributed by atoms with Crippen LogP contribution in [0.2, 0.25) is 0 Å². The van der Waals surface area contributed by atoms with E-state index in [0.717, 1.165) is 42.8 Å². The molecule has 5 nitrogen and oxygen atoms in total. The van der Waals surface area contributed by atoms with Crippen LogP contribution in [0.5, 0.6) is 11.5 Å². The van der Waals surface area contributed by atoms with E-state index in [9.17, 15) is 4.79 Å². The number of benzene rings is 1. The van der Waals surface area contributed by atoms with Crippen LogP contribution in [0.3, 0.4) is 0 Å². The number of carbonyl (C=O) groups is 1. The molecule has 1 aliphatic carbocycles. The second-order valence-corrected chi connectivity index (χ2v) is 7.14. The minimum absolute atomic E-state index is 0.0524. The Morgan fingerprint density at radius 2 is 1.74 bits per heavy atom. The Morgan fingerprint density at radius 3 is 2.48 bits per heavy atom. The number of piperidine rings is 1. The fourth-order valence-corrected chi connectivity index (χ4v) is 4.39. The van der Waals surface area contributed by atoms with Crippen LogP contribution in [0.1, 0.15) is 48.0 Å². The van der Waals surface area contributed by atoms with Crippen molar-refractivity contribution in [3.05, 3.63) is 23.3 Å². The summed E-state index contributed by atoms with van der Waals surface area (Å²) in [6, 6.07) is 3.93. The molecule has 0 aromatic heterocycles. The summed E-state index contributed by atoms with van der Waals surface area (Å²) in [6.45, 7) is 4.45. The highest BCUT2D eigenvalue weighted by Gasteiger charge is 2.58. The first kappa shape index (κ1) is 13.7. The van der Waals surface area contributed by atoms with Gasteiger partial charge < -0.3 is 19.3 Å². The molecule has 1 saturated carbocycles. The smallest absolute Gasteiger partial charge is 0.255 e. The zero-order chi connectivity index (χ0) is 15.4. The van der Waals surface area contributed by atoms with Crippen molar-refractivity contribution in [2.45, 2.75) is 37.6 Å². The Morgan fingerprint density at radius 1 is 1.00 bits per heavy atom. The molecule has 3 heterocycles. The van der Waals surface area contributed by atoms with Gasteiger partial charge in [0.1, 0.15) is 0 Å². The average Bonchev–Trinajstić information content (AvgIpc) is 3.18. The lowest BCUT2D eigenvalue weighted by Gasteiger charge is -2.31. The van der Waals surface area contributed by atoms with E-state index in [2.05, 4.69) is 9.80 Å². The molecule has 0 bridgehead atoms. The molecule has 122 valence electrons. The third-order valence-electron chi connectivity index (χ3n) is 5.82. The molecule has 23 heavy (non-hydrogen) atoms. The van der Waals surface area contributed by atoms with Gasteiger partial charge in [0.05, 0.1) is 5.54 Å². The summed E-state index contributed by atoms with van der Waals surface area (Å²) in [5, 5.41) is 0. The summed E-state index contributed by atoms with van der Waals surface area (Å²) in [4.78, 5) is 17.6. The van der Waals surface area contributed by atoms with Crippen LogP contribution < -0.4 is 9.47 Å². The molecule has 0 N–H and O–H groups in total. The molecule has 2 fully saturated rings. The van der Waals surface area contributed by atoms with Crippen LogP contribution in [0.4, 0.5) is 0 Å². The summed E-state index contributed by atoms with van der Waals surface area (Å²) in [5.41, 5.74) is 1.93. The SMILES string of the molecule is O=C1c2cc3c(cc2C2(CC2)N1CCN1CCCCC1)OCO3. The molecular formula is C18H22N2O3. The fraction of sp³-hybridized carbons (Fsp3) is 0.611. The van der Waals surface area contributed by atoms with Gasteiger partial charge in [-0.2, -0.15) is 0 Å². The van der Waals surface area contributed by atoms with E-state index >= 15 is 0 Å². The van der Waals surface area contributed by atoms with Gasteiger partial charge in [-0.3, -0.25) is 4.79 Å². The molecule has 1 spiro atoms. The number of likely N-dealkylation sites (tertiary alicyclic amines) is 1. The molecule has 1 aromatic carbocycles. The maximum Gasteiger partial charge on any atom is 0.255 e. The van der Waals surface area contributed by atoms with Crippen LogP contribution >= 0.6 is 0 Å². The lowest BCUT2D eigenvalue weighted by atomic mass is 10.0. The van der Waals surface area contributed by atoms with Crippen molar-refractivity contribution in [3.8, 4) is 11.5 Å². The Balaban J connectivity index is 1.40. The number of ether oxygens (including phenoxy) is 2. The van der Waals surface area contributed by atoms with Gasteiger partial charge in [-0.15, -0.1) is 0 Å². The van der Waals surface area contributed by atoms with E-state index in [0.29, 0.717) is 5.75 Å². The highest BCUT2D eigenvalue weighted by molar-refractivity contribution is 6.01. The maximum absolute atomic E-state index is 12.9. The highest BCUT2D eigenvalue weighted by Crippen LogP contribution is 2.58. The number of hydrogen-bond donors (Lipinski definition) is 0. The largest absolute Gasteiger partial charge is 0.454 e. The minimum atomic E-state index is -0.0524. The number of nitrogens with zero attached hydrogens (tertiary/aromatic N) is 2. The van der Waals surface area contributed by atoms with E-state index in [1.54, 1.807) is 0 Å². The van der Waals surface area contributed by atoms with Gasteiger partial charge in [0.15, 0.2) is 11.5 Å². The molecule has 0 unspecified atom stereocenters. The van der Waals surface area contributed by atoms with Gasteiger partial charge in [0.2, 0.25) is 6.79 Å². The quantitative estimate of drug-likeness (QED) is 0.859. The van der Waals surface area contributed by atoms with Crippen molar-refractivity contribution in [1.82, 2.24) is 9.80 Å². The molecule has 0 radical (unpaired) electrons. The summed E-state index contributed by atoms with van der Waals surface area (Å²) in [5.74, 6) is 1.68. The number of rotatable bonds is 3. The zero-order valence-electron chi connectivity index (χ0n) is 13.3. The first-order valence-electron chi connectivity index (χ1n) is 8.76. The van der Waals surface area contributed by atoms with E-state index in [1.807, 2.05) is 12.1 Å². The molecule has 3 aliphatic heterocycles. The number of amides is 1. The van der Waals surface area contributed by atoms with E-state index in [-0.39, 0.29) is 18.2 Å². The van der Waals surface area contributed by atoms with E-state index in [1.165, 1.54) is 32.4 Å². The Labute approximate surface area is 136 Å². The van der Waals surface area contributed by atoms with Gasteiger partial charge in [-0.1, -0.05) is 6.42 Å². The first-order valence-corrected chi connectivity index (χ1v) is 8.76. The molecule has 5 rings (SSSR count). The Hall–Kier alpha value is -1.75. The second kappa shape index (κ2) is 4.87. The summed E-state index contributed by atoms with van der Waals surface area (Å²) in [7, 11) is 0. The Bertz CT molecular complexity index is 662. The molecule has 1 saturated heterocycles. The van der Waals surface area contributed by atoms with Gasteiger partial charge in [0, 0.05) is 18.7 Å². The third kappa shape index (κ3) is 1.99. The van der Waals surface area contributed by atoms with Crippen molar-refractivity contribution in [1.29, 1.82) is 0 Å². The Kier molecular flexibility index (Phi) is 2.89. The topological polar surface area (TPSA) is 42.0 Å². The zero-order valence-corrected chi connectivity index (χ0v) is 13.3. The summed E-state index contributed by atoms with van der Waals surface area (Å²) in [6.07, 6.45) is 6.08. The molecule has 0 atom stereocenters. The van der Waals surface area contributed by atoms with Crippen LogP contribution in [0.15, 0.2) is 12.1 Å². The summed E-state index contributed by atoms with van der Waals surface area (Å²) < 4.78 is 11.0. The van der Waals surface area contributed by atoms with Crippen LogP contribution in [-0.2, 0) is 5.54 Å². The minimum Gasteiger partial charge on any atom is -0.454 e. The normalized spacial score (nSPS) is 24.3. The number of hydrogen-bond acceptors (Lipinski definition) is 4. The maximum atomic E-state index is 12.9. The fourth-order valence-electron chi connectivity index (χ4n) is 4.39. The number of fused-ring (bicyclic) bond motifs is 3. The monoisotopic (exact) mass is 314 g/mol. The van der Waals surface area contributed by atoms with E-state index in [4.69, 9.17) is 9.47 Å². The summed E-state index contributed by atoms with van der Waals surface area (Å²) >= 11 is 0. The molecule has 5 heteroatoms. The van der Waals surface area contributed by atoms with Gasteiger partial charge in [0.25, 0.3) is 5.91 Å². The van der Waals surface area contributed by atoms with Crippen molar-refractivity contribution in [2.24, 2.45) is 0 Å². The number of carbonyl (C=O) groups excluding carboxylic acids is 1. The molecular weight excluding hydrogens is 292 g/mol. The van der Waals surface area contributed by atoms with E-state index < -0.39 is 0 Å². The van der Waals surface area contributed by atoms with Crippen LogP contribution in [0.25, 0.3) is 0 Å². The van der Waals surface area contributed by atoms with Gasteiger partial charge >= 0.3 is 0 Å². The van der Waals surface area contributed by atoms with Crippen molar-refractivity contribution in [2.75, 3.05) is 33.0 Å². The van der Waals surface area contributed by atoms with Crippen LogP contribution in [0, 0.1) is 0 Å². The lowest BCUT2D eigenvalue weighted by Crippen LogP contribution is -2.41. The lowest BCUT2D eigenvalue weighted by molar-refractivity contribution is 0.0665. The van der Waals surface area contributed by atoms with Crippen molar-refractivity contribution >= 4 is 5.91 Å². The highest BCUT2D eigenvalue weighted by atomic mass is 16.7. The van der Waals surface area contributed by atoms with Gasteiger partial charge in [-0.05, 0) is 56.5 Å². The van der Waals surface area contributed by atoms with Crippen LogP contribution in [-0.4, -0.2) is 48.7 Å². The molecule has 4 aliphatic rings. The van der Waals surface area contributed by atoms with Crippen molar-refractivity contribution < 1.29 is 14.3 Å². The average molecular weight is 314 g/mol. The third-order valence-corrected chi connectivity index (χ3v) is 5.82. The standard InChI is InChI=1S/C18H22N2O3/c21-17-13-10-15-16(23-12-22-15)11-14(13)18(4-5-18)20(17)9-8-19-6-2-1-3-7-19/h10-11H,1-9,12H2. The molecule has 1 aromatic rings. The van der Waals surface area contributed by atoms with Crippen molar-refractivity contribution in [3.63, 3.8) is 0 Å². The van der Waals surface area contributed by atoms with Gasteiger partial charge in [-0.25, -0.2) is 0 Å². The second-order valence-electron chi connectivity index (χ2n) is 7.14. The predicted octanol–water partition coefficient (Wildman–Crippen LogP) is 2.35. The molecule has 1 amide bonds.